The number of para-hydroxylation sites is 2. The Hall–Kier alpha value is -4.78. The van der Waals surface area contributed by atoms with Crippen LogP contribution >= 0.6 is 0 Å². The number of ketones is 2. The minimum absolute atomic E-state index is 0.0804. The van der Waals surface area contributed by atoms with E-state index in [1.165, 1.54) is 18.6 Å². The van der Waals surface area contributed by atoms with Crippen molar-refractivity contribution in [2.24, 2.45) is 0 Å². The molecule has 282 valence electrons. The number of benzene rings is 4. The molecule has 0 aromatic heterocycles. The average Bonchev–Trinajstić information content (AvgIpc) is 3.11. The van der Waals surface area contributed by atoms with Crippen LogP contribution in [0, 0.1) is 0 Å². The van der Waals surface area contributed by atoms with Gasteiger partial charge in [0.25, 0.3) is 0 Å². The first kappa shape index (κ1) is 39.4. The van der Waals surface area contributed by atoms with Gasteiger partial charge in [0.15, 0.2) is 11.5 Å². The summed E-state index contributed by atoms with van der Waals surface area (Å²) in [5.41, 5.74) is 7.25. The first-order valence-corrected chi connectivity index (χ1v) is 19.6. The van der Waals surface area contributed by atoms with Crippen LogP contribution in [0.4, 0.5) is 22.7 Å². The van der Waals surface area contributed by atoms with Crippen molar-refractivity contribution in [2.75, 3.05) is 17.2 Å². The van der Waals surface area contributed by atoms with E-state index in [1.807, 2.05) is 0 Å². The van der Waals surface area contributed by atoms with E-state index >= 15 is 0 Å². The molecule has 1 aliphatic carbocycles. The Balaban J connectivity index is 1.83. The van der Waals surface area contributed by atoms with Crippen LogP contribution in [0.25, 0.3) is 0 Å². The minimum Gasteiger partial charge on any atom is -0.507 e. The highest BCUT2D eigenvalue weighted by Crippen LogP contribution is 2.50. The highest BCUT2D eigenvalue weighted by atomic mass is 16.5. The van der Waals surface area contributed by atoms with Crippen molar-refractivity contribution in [3.8, 4) is 17.2 Å². The zero-order valence-electron chi connectivity index (χ0n) is 33.1. The predicted molar refractivity (Wildman–Crippen MR) is 218 cm³/mol. The molecule has 0 amide bonds. The van der Waals surface area contributed by atoms with E-state index in [0.717, 1.165) is 65.7 Å². The second-order valence-electron chi connectivity index (χ2n) is 15.7. The first-order chi connectivity index (χ1) is 25.3. The van der Waals surface area contributed by atoms with Gasteiger partial charge in [-0.1, -0.05) is 131 Å². The number of carbonyl (C=O) groups excluding carboxylic acids is 2. The fraction of sp³-hybridized carbons (Fsp3) is 0.435. The molecule has 4 aromatic carbocycles. The monoisotopic (exact) mass is 718 g/mol. The van der Waals surface area contributed by atoms with Gasteiger partial charge in [-0.25, -0.2) is 0 Å². The number of anilines is 4. The van der Waals surface area contributed by atoms with E-state index in [0.29, 0.717) is 18.0 Å². The van der Waals surface area contributed by atoms with Crippen LogP contribution in [-0.4, -0.2) is 28.4 Å². The lowest BCUT2D eigenvalue weighted by molar-refractivity contribution is 0.0971. The zero-order valence-corrected chi connectivity index (χ0v) is 33.1. The molecule has 4 aromatic rings. The molecule has 7 heteroatoms. The standard InChI is InChI=1S/C46H58N2O5/c1-10-11-12-13-14-15-24-53-46-38-34(44(51)39-36(49)22-23-37(50)40(39)45(38)52)25-35(47-41-30(26(2)3)18-16-19-31(41)27(4)5)43(46)48-42-32(28(6)7)20-17-21-33(42)29(8)9/h16-23,25-29,47-50H,10-15,24H2,1-9H3. The van der Waals surface area contributed by atoms with E-state index in [4.69, 9.17) is 4.74 Å². The van der Waals surface area contributed by atoms with E-state index < -0.39 is 11.6 Å². The second kappa shape index (κ2) is 16.9. The van der Waals surface area contributed by atoms with Crippen LogP contribution < -0.4 is 15.4 Å². The molecule has 7 nitrogen and oxygen atoms in total. The summed E-state index contributed by atoms with van der Waals surface area (Å²) in [5.74, 6) is -0.824. The summed E-state index contributed by atoms with van der Waals surface area (Å²) in [6.45, 7) is 19.8. The fourth-order valence-corrected chi connectivity index (χ4v) is 7.44. The number of hydrogen-bond acceptors (Lipinski definition) is 7. The largest absolute Gasteiger partial charge is 0.507 e. The summed E-state index contributed by atoms with van der Waals surface area (Å²) in [5, 5.41) is 29.4. The van der Waals surface area contributed by atoms with Crippen LogP contribution in [0.2, 0.25) is 0 Å². The fourth-order valence-electron chi connectivity index (χ4n) is 7.44. The lowest BCUT2D eigenvalue weighted by Crippen LogP contribution is -2.24. The Kier molecular flexibility index (Phi) is 12.6. The lowest BCUT2D eigenvalue weighted by atomic mass is 9.81. The Bertz CT molecular complexity index is 1920. The third-order valence-corrected chi connectivity index (χ3v) is 10.4. The lowest BCUT2D eigenvalue weighted by Gasteiger charge is -2.29. The highest BCUT2D eigenvalue weighted by Gasteiger charge is 2.39. The Labute approximate surface area is 316 Å². The molecular formula is C46H58N2O5. The Morgan fingerprint density at radius 3 is 1.51 bits per heavy atom. The molecule has 0 saturated heterocycles. The van der Waals surface area contributed by atoms with Gasteiger partial charge in [0.1, 0.15) is 17.2 Å². The molecule has 0 heterocycles. The number of phenols is 2. The first-order valence-electron chi connectivity index (χ1n) is 19.6. The number of phenolic OH excluding ortho intramolecular Hbond substituents is 2. The Morgan fingerprint density at radius 1 is 0.566 bits per heavy atom. The molecule has 0 unspecified atom stereocenters. The summed E-state index contributed by atoms with van der Waals surface area (Å²) >= 11 is 0. The third kappa shape index (κ3) is 8.09. The number of rotatable bonds is 16. The minimum atomic E-state index is -0.567. The maximum absolute atomic E-state index is 14.6. The van der Waals surface area contributed by atoms with Crippen molar-refractivity contribution < 1.29 is 24.5 Å². The van der Waals surface area contributed by atoms with Gasteiger partial charge in [0.2, 0.25) is 5.78 Å². The van der Waals surface area contributed by atoms with Crippen molar-refractivity contribution >= 4 is 34.3 Å². The van der Waals surface area contributed by atoms with Crippen molar-refractivity contribution in [2.45, 2.75) is 125 Å². The molecule has 0 saturated carbocycles. The molecule has 1 aliphatic rings. The van der Waals surface area contributed by atoms with E-state index in [9.17, 15) is 19.8 Å². The van der Waals surface area contributed by atoms with Gasteiger partial charge >= 0.3 is 0 Å². The quantitative estimate of drug-likeness (QED) is 0.0594. The number of fused-ring (bicyclic) bond motifs is 2. The summed E-state index contributed by atoms with van der Waals surface area (Å²) < 4.78 is 6.73. The molecular weight excluding hydrogens is 661 g/mol. The van der Waals surface area contributed by atoms with Crippen LogP contribution in [0.1, 0.15) is 179 Å². The molecule has 53 heavy (non-hydrogen) atoms. The molecule has 0 spiro atoms. The number of nitrogens with one attached hydrogen (secondary N) is 2. The van der Waals surface area contributed by atoms with Crippen LogP contribution in [0.5, 0.6) is 17.2 Å². The van der Waals surface area contributed by atoms with E-state index in [-0.39, 0.29) is 63.2 Å². The molecule has 5 rings (SSSR count). The summed E-state index contributed by atoms with van der Waals surface area (Å²) in [6, 6.07) is 16.9. The molecule has 0 radical (unpaired) electrons. The number of carbonyl (C=O) groups is 2. The van der Waals surface area contributed by atoms with Crippen molar-refractivity contribution in [1.82, 2.24) is 0 Å². The van der Waals surface area contributed by atoms with Crippen molar-refractivity contribution in [1.29, 1.82) is 0 Å². The number of hydrogen-bond donors (Lipinski definition) is 4. The second-order valence-corrected chi connectivity index (χ2v) is 15.7. The average molecular weight is 719 g/mol. The van der Waals surface area contributed by atoms with Gasteiger partial charge in [-0.2, -0.15) is 0 Å². The number of aromatic hydroxyl groups is 2. The van der Waals surface area contributed by atoms with Gasteiger partial charge in [-0.05, 0) is 70.5 Å². The molecule has 0 aliphatic heterocycles. The topological polar surface area (TPSA) is 108 Å². The molecule has 0 bridgehead atoms. The Morgan fingerprint density at radius 2 is 1.02 bits per heavy atom. The van der Waals surface area contributed by atoms with E-state index in [1.54, 1.807) is 6.07 Å². The van der Waals surface area contributed by atoms with Gasteiger partial charge < -0.3 is 25.6 Å². The summed E-state index contributed by atoms with van der Waals surface area (Å²) in [7, 11) is 0. The number of unbranched alkanes of at least 4 members (excludes halogenated alkanes) is 5. The van der Waals surface area contributed by atoms with Gasteiger partial charge in [0, 0.05) is 16.9 Å². The van der Waals surface area contributed by atoms with Crippen LogP contribution in [0.15, 0.2) is 54.6 Å². The summed E-state index contributed by atoms with van der Waals surface area (Å²) in [4.78, 5) is 29.1. The van der Waals surface area contributed by atoms with Crippen LogP contribution in [0.3, 0.4) is 0 Å². The maximum Gasteiger partial charge on any atom is 0.202 e. The number of ether oxygens (including phenoxy) is 1. The maximum atomic E-state index is 14.6. The normalized spacial score (nSPS) is 12.5. The van der Waals surface area contributed by atoms with Crippen LogP contribution in [-0.2, 0) is 0 Å². The summed E-state index contributed by atoms with van der Waals surface area (Å²) in [6.07, 6.45) is 6.33. The van der Waals surface area contributed by atoms with Gasteiger partial charge in [-0.15, -0.1) is 0 Å². The van der Waals surface area contributed by atoms with E-state index in [2.05, 4.69) is 109 Å². The van der Waals surface area contributed by atoms with Crippen molar-refractivity contribution in [3.63, 3.8) is 0 Å². The molecule has 0 fully saturated rings. The molecule has 0 atom stereocenters. The zero-order chi connectivity index (χ0) is 38.6. The van der Waals surface area contributed by atoms with Gasteiger partial charge in [-0.3, -0.25) is 9.59 Å². The SMILES string of the molecule is CCCCCCCCOc1c(Nc2c(C(C)C)cccc2C(C)C)c(Nc2c(C(C)C)cccc2C(C)C)cc2c1C(=O)c1c(O)ccc(O)c1C2=O. The predicted octanol–water partition coefficient (Wildman–Crippen LogP) is 12.6. The van der Waals surface area contributed by atoms with Crippen molar-refractivity contribution in [3.05, 3.63) is 99.1 Å². The third-order valence-electron chi connectivity index (χ3n) is 10.4. The smallest absolute Gasteiger partial charge is 0.202 e. The highest BCUT2D eigenvalue weighted by molar-refractivity contribution is 6.32. The van der Waals surface area contributed by atoms with Gasteiger partial charge in [0.05, 0.1) is 29.0 Å². The molecule has 4 N–H and O–H groups in total.